The molecule has 0 N–H and O–H groups in total. The molecule has 270 valence electrons. The third kappa shape index (κ3) is 10.7. The zero-order valence-electron chi connectivity index (χ0n) is 32.3. The van der Waals surface area contributed by atoms with Crippen LogP contribution in [0.15, 0.2) is 23.8 Å². The van der Waals surface area contributed by atoms with Crippen LogP contribution >= 0.6 is 0 Å². The Kier molecular flexibility index (Phi) is 16.0. The summed E-state index contributed by atoms with van der Waals surface area (Å²) in [4.78, 5) is 12.8. The number of hydrogen-bond donors (Lipinski definition) is 0. The van der Waals surface area contributed by atoms with Gasteiger partial charge in [-0.2, -0.15) is 0 Å². The van der Waals surface area contributed by atoms with E-state index < -0.39 is 0 Å². The number of carbonyl (C=O) groups is 1. The Morgan fingerprint density at radius 2 is 1.49 bits per heavy atom. The number of rotatable bonds is 21. The van der Waals surface area contributed by atoms with Crippen LogP contribution in [0.25, 0.3) is 0 Å². The Labute approximate surface area is 293 Å². The summed E-state index contributed by atoms with van der Waals surface area (Å²) in [6.07, 6.45) is 39.5. The zero-order valence-corrected chi connectivity index (χ0v) is 32.3. The van der Waals surface area contributed by atoms with Crippen LogP contribution in [0.1, 0.15) is 202 Å². The molecule has 0 spiro atoms. The SMILES string of the molecule is CCCCCCCC/C=C\CCCCCCCC(=O)O[C@H]1CC[C@@]2(C)C(=CCC3C4CCC(C(C)CCCC(C)C)[C@@]4(C)CCC32)C1. The first-order valence-corrected chi connectivity index (χ1v) is 21.2. The van der Waals surface area contributed by atoms with Gasteiger partial charge in [0.05, 0.1) is 0 Å². The highest BCUT2D eigenvalue weighted by molar-refractivity contribution is 5.69. The number of esters is 1. The van der Waals surface area contributed by atoms with E-state index in [1.54, 1.807) is 5.57 Å². The number of carbonyl (C=O) groups excluding carboxylic acids is 1. The number of allylic oxidation sites excluding steroid dienone is 3. The normalized spacial score (nSPS) is 32.6. The second-order valence-corrected chi connectivity index (χ2v) is 18.0. The van der Waals surface area contributed by atoms with Crippen molar-refractivity contribution in [1.29, 1.82) is 0 Å². The lowest BCUT2D eigenvalue weighted by Crippen LogP contribution is -2.51. The molecule has 0 aliphatic heterocycles. The predicted molar refractivity (Wildman–Crippen MR) is 202 cm³/mol. The van der Waals surface area contributed by atoms with Crippen LogP contribution in [-0.2, 0) is 9.53 Å². The van der Waals surface area contributed by atoms with Crippen molar-refractivity contribution >= 4 is 5.97 Å². The van der Waals surface area contributed by atoms with Gasteiger partial charge in [0.25, 0.3) is 0 Å². The van der Waals surface area contributed by atoms with Gasteiger partial charge in [-0.3, -0.25) is 4.79 Å². The summed E-state index contributed by atoms with van der Waals surface area (Å²) in [7, 11) is 0. The smallest absolute Gasteiger partial charge is 0.306 e. The van der Waals surface area contributed by atoms with Crippen LogP contribution in [0.4, 0.5) is 0 Å². The molecule has 0 bridgehead atoms. The van der Waals surface area contributed by atoms with Crippen molar-refractivity contribution < 1.29 is 9.53 Å². The second-order valence-electron chi connectivity index (χ2n) is 18.0. The van der Waals surface area contributed by atoms with Crippen molar-refractivity contribution in [1.82, 2.24) is 0 Å². The number of ether oxygens (including phenoxy) is 1. The molecule has 3 saturated carbocycles. The first kappa shape index (κ1) is 38.7. The molecule has 0 aromatic carbocycles. The fourth-order valence-corrected chi connectivity index (χ4v) is 11.3. The molecule has 4 aliphatic carbocycles. The van der Waals surface area contributed by atoms with E-state index in [-0.39, 0.29) is 12.1 Å². The van der Waals surface area contributed by atoms with Crippen molar-refractivity contribution in [2.24, 2.45) is 46.3 Å². The number of fused-ring (bicyclic) bond motifs is 5. The van der Waals surface area contributed by atoms with Gasteiger partial charge in [-0.1, -0.05) is 136 Å². The highest BCUT2D eigenvalue weighted by Gasteiger charge is 2.59. The summed E-state index contributed by atoms with van der Waals surface area (Å²) in [5.74, 6) is 5.31. The van der Waals surface area contributed by atoms with Crippen LogP contribution in [0.2, 0.25) is 0 Å². The summed E-state index contributed by atoms with van der Waals surface area (Å²) in [5, 5.41) is 0. The molecule has 0 amide bonds. The van der Waals surface area contributed by atoms with Gasteiger partial charge < -0.3 is 4.74 Å². The molecule has 4 aliphatic rings. The predicted octanol–water partition coefficient (Wildman–Crippen LogP) is 14.0. The topological polar surface area (TPSA) is 26.3 Å². The zero-order chi connectivity index (χ0) is 33.7. The second kappa shape index (κ2) is 19.4. The summed E-state index contributed by atoms with van der Waals surface area (Å²) in [6.45, 7) is 14.9. The fourth-order valence-electron chi connectivity index (χ4n) is 11.3. The minimum absolute atomic E-state index is 0.0541. The molecule has 8 atom stereocenters. The molecular formula is C45H78O2. The van der Waals surface area contributed by atoms with Crippen LogP contribution in [0, 0.1) is 46.3 Å². The van der Waals surface area contributed by atoms with E-state index in [2.05, 4.69) is 59.8 Å². The molecule has 0 aromatic rings. The van der Waals surface area contributed by atoms with Gasteiger partial charge in [-0.25, -0.2) is 0 Å². The van der Waals surface area contributed by atoms with Crippen molar-refractivity contribution in [3.05, 3.63) is 23.8 Å². The van der Waals surface area contributed by atoms with Crippen LogP contribution < -0.4 is 0 Å². The molecule has 0 radical (unpaired) electrons. The molecule has 2 nitrogen and oxygen atoms in total. The molecule has 3 fully saturated rings. The minimum Gasteiger partial charge on any atom is -0.462 e. The van der Waals surface area contributed by atoms with E-state index >= 15 is 0 Å². The third-order valence-corrected chi connectivity index (χ3v) is 14.2. The van der Waals surface area contributed by atoms with E-state index in [4.69, 9.17) is 4.74 Å². The van der Waals surface area contributed by atoms with Crippen molar-refractivity contribution in [3.8, 4) is 0 Å². The number of unbranched alkanes of at least 4 members (excludes halogenated alkanes) is 11. The maximum atomic E-state index is 12.8. The fraction of sp³-hybridized carbons (Fsp3) is 0.889. The van der Waals surface area contributed by atoms with Gasteiger partial charge in [0.2, 0.25) is 0 Å². The van der Waals surface area contributed by atoms with E-state index in [1.165, 1.54) is 128 Å². The van der Waals surface area contributed by atoms with Gasteiger partial charge in [0, 0.05) is 12.8 Å². The van der Waals surface area contributed by atoms with Gasteiger partial charge >= 0.3 is 5.97 Å². The standard InChI is InChI=1S/C45H78O2/c1-7-8-9-10-11-12-13-14-15-16-17-18-19-20-21-25-43(46)47-38-30-32-44(5)37(34-38)26-27-39-41-29-28-40(36(4)24-22-23-35(2)3)45(41,6)33-31-42(39)44/h14-15,26,35-36,38-42H,7-13,16-25,27-34H2,1-6H3/b15-14-/t36?,38-,39?,40?,41?,42?,44-,45+/m0/s1. The Balaban J connectivity index is 1.12. The molecule has 5 unspecified atom stereocenters. The molecule has 2 heteroatoms. The third-order valence-electron chi connectivity index (χ3n) is 14.2. The first-order valence-electron chi connectivity index (χ1n) is 21.2. The van der Waals surface area contributed by atoms with E-state index in [0.29, 0.717) is 17.3 Å². The first-order chi connectivity index (χ1) is 22.7. The summed E-state index contributed by atoms with van der Waals surface area (Å²) < 4.78 is 6.12. The van der Waals surface area contributed by atoms with E-state index in [9.17, 15) is 4.79 Å². The van der Waals surface area contributed by atoms with Crippen LogP contribution in [-0.4, -0.2) is 12.1 Å². The summed E-state index contributed by atoms with van der Waals surface area (Å²) >= 11 is 0. The van der Waals surface area contributed by atoms with Crippen LogP contribution in [0.5, 0.6) is 0 Å². The average Bonchev–Trinajstić information content (AvgIpc) is 3.40. The minimum atomic E-state index is 0.0541. The molecule has 0 aromatic heterocycles. The van der Waals surface area contributed by atoms with Gasteiger partial charge in [-0.15, -0.1) is 0 Å². The van der Waals surface area contributed by atoms with Gasteiger partial charge in [-0.05, 0) is 123 Å². The van der Waals surface area contributed by atoms with Crippen molar-refractivity contribution in [3.63, 3.8) is 0 Å². The van der Waals surface area contributed by atoms with Gasteiger partial charge in [0.1, 0.15) is 6.10 Å². The Morgan fingerprint density at radius 1 is 0.809 bits per heavy atom. The monoisotopic (exact) mass is 651 g/mol. The summed E-state index contributed by atoms with van der Waals surface area (Å²) in [6, 6.07) is 0. The van der Waals surface area contributed by atoms with Gasteiger partial charge in [0.15, 0.2) is 0 Å². The molecule has 0 heterocycles. The molecule has 4 rings (SSSR count). The van der Waals surface area contributed by atoms with Crippen molar-refractivity contribution in [2.45, 2.75) is 208 Å². The highest BCUT2D eigenvalue weighted by atomic mass is 16.5. The quantitative estimate of drug-likeness (QED) is 0.0702. The average molecular weight is 651 g/mol. The summed E-state index contributed by atoms with van der Waals surface area (Å²) in [5.41, 5.74) is 2.53. The molecule has 0 saturated heterocycles. The Hall–Kier alpha value is -1.05. The maximum absolute atomic E-state index is 12.8. The Bertz CT molecular complexity index is 976. The largest absolute Gasteiger partial charge is 0.462 e. The van der Waals surface area contributed by atoms with E-state index in [0.717, 1.165) is 61.2 Å². The maximum Gasteiger partial charge on any atom is 0.306 e. The molecular weight excluding hydrogens is 572 g/mol. The van der Waals surface area contributed by atoms with Crippen molar-refractivity contribution in [2.75, 3.05) is 0 Å². The molecule has 47 heavy (non-hydrogen) atoms. The lowest BCUT2D eigenvalue weighted by molar-refractivity contribution is -0.151. The number of hydrogen-bond acceptors (Lipinski definition) is 2. The Morgan fingerprint density at radius 3 is 2.19 bits per heavy atom. The van der Waals surface area contributed by atoms with E-state index in [1.807, 2.05) is 0 Å². The highest BCUT2D eigenvalue weighted by Crippen LogP contribution is 2.67. The lowest BCUT2D eigenvalue weighted by Gasteiger charge is -2.58. The lowest BCUT2D eigenvalue weighted by atomic mass is 9.47. The van der Waals surface area contributed by atoms with Crippen LogP contribution in [0.3, 0.4) is 0 Å².